The van der Waals surface area contributed by atoms with Gasteiger partial charge in [0.1, 0.15) is 5.82 Å². The molecule has 2 aromatic carbocycles. The van der Waals surface area contributed by atoms with Crippen LogP contribution in [0.15, 0.2) is 42.5 Å². The lowest BCUT2D eigenvalue weighted by Gasteiger charge is -2.11. The van der Waals surface area contributed by atoms with Gasteiger partial charge in [0, 0.05) is 17.8 Å². The predicted molar refractivity (Wildman–Crippen MR) is 88.9 cm³/mol. The molecule has 1 heterocycles. The van der Waals surface area contributed by atoms with Gasteiger partial charge in [-0.15, -0.1) is 0 Å². The fourth-order valence-electron chi connectivity index (χ4n) is 2.68. The van der Waals surface area contributed by atoms with Crippen LogP contribution in [0.1, 0.15) is 38.1 Å². The number of hydrogen-bond donors (Lipinski definition) is 1. The summed E-state index contributed by atoms with van der Waals surface area (Å²) in [7, 11) is 0. The molecule has 3 aromatic rings. The molecule has 3 heteroatoms. The van der Waals surface area contributed by atoms with Crippen molar-refractivity contribution >= 4 is 16.7 Å². The van der Waals surface area contributed by atoms with Crippen molar-refractivity contribution in [3.05, 3.63) is 53.9 Å². The molecule has 0 aliphatic carbocycles. The Morgan fingerprint density at radius 1 is 1.10 bits per heavy atom. The van der Waals surface area contributed by atoms with E-state index in [1.807, 2.05) is 18.2 Å². The van der Waals surface area contributed by atoms with Gasteiger partial charge in [-0.2, -0.15) is 0 Å². The molecule has 0 fully saturated rings. The van der Waals surface area contributed by atoms with Gasteiger partial charge in [-0.3, -0.25) is 4.57 Å². The highest BCUT2D eigenvalue weighted by Gasteiger charge is 2.11. The Morgan fingerprint density at radius 2 is 1.81 bits per heavy atom. The summed E-state index contributed by atoms with van der Waals surface area (Å²) < 4.78 is 2.22. The van der Waals surface area contributed by atoms with Crippen LogP contribution in [0.3, 0.4) is 0 Å². The third-order valence-electron chi connectivity index (χ3n) is 3.88. The topological polar surface area (TPSA) is 43.8 Å². The number of aromatic nitrogens is 2. The SMILES string of the molecule is CCc1nc2cc(N)ccc2n1-c1ccc(C(C)C)cc1. The maximum absolute atomic E-state index is 5.87. The van der Waals surface area contributed by atoms with E-state index in [-0.39, 0.29) is 0 Å². The molecule has 0 atom stereocenters. The Kier molecular flexibility index (Phi) is 3.42. The molecule has 108 valence electrons. The number of aryl methyl sites for hydroxylation is 1. The van der Waals surface area contributed by atoms with Gasteiger partial charge < -0.3 is 5.73 Å². The zero-order valence-corrected chi connectivity index (χ0v) is 12.8. The summed E-state index contributed by atoms with van der Waals surface area (Å²) in [5, 5.41) is 0. The minimum absolute atomic E-state index is 0.545. The van der Waals surface area contributed by atoms with Crippen molar-refractivity contribution in [1.29, 1.82) is 0 Å². The van der Waals surface area contributed by atoms with E-state index in [2.05, 4.69) is 49.6 Å². The third kappa shape index (κ3) is 2.40. The summed E-state index contributed by atoms with van der Waals surface area (Å²) in [6.07, 6.45) is 0.889. The second-order valence-electron chi connectivity index (χ2n) is 5.71. The van der Waals surface area contributed by atoms with E-state index in [4.69, 9.17) is 10.7 Å². The van der Waals surface area contributed by atoms with Gasteiger partial charge in [0.25, 0.3) is 0 Å². The second-order valence-corrected chi connectivity index (χ2v) is 5.71. The summed E-state index contributed by atoms with van der Waals surface area (Å²) in [6, 6.07) is 14.7. The molecular weight excluding hydrogens is 258 g/mol. The van der Waals surface area contributed by atoms with E-state index in [9.17, 15) is 0 Å². The van der Waals surface area contributed by atoms with Gasteiger partial charge in [0.2, 0.25) is 0 Å². The Labute approximate surface area is 125 Å². The molecular formula is C18H21N3. The zero-order chi connectivity index (χ0) is 15.0. The first-order valence-corrected chi connectivity index (χ1v) is 7.47. The van der Waals surface area contributed by atoms with E-state index < -0.39 is 0 Å². The fraction of sp³-hybridized carbons (Fsp3) is 0.278. The van der Waals surface area contributed by atoms with Crippen LogP contribution in [-0.2, 0) is 6.42 Å². The number of anilines is 1. The molecule has 0 radical (unpaired) electrons. The molecule has 0 aliphatic heterocycles. The molecule has 0 saturated heterocycles. The van der Waals surface area contributed by atoms with E-state index in [0.29, 0.717) is 5.92 Å². The summed E-state index contributed by atoms with van der Waals surface area (Å²) >= 11 is 0. The summed E-state index contributed by atoms with van der Waals surface area (Å²) in [5.41, 5.74) is 11.2. The largest absolute Gasteiger partial charge is 0.399 e. The number of fused-ring (bicyclic) bond motifs is 1. The number of hydrogen-bond acceptors (Lipinski definition) is 2. The standard InChI is InChI=1S/C18H21N3/c1-4-18-20-16-11-14(19)7-10-17(16)21(18)15-8-5-13(6-9-15)12(2)3/h5-12H,4,19H2,1-3H3. The highest BCUT2D eigenvalue weighted by molar-refractivity contribution is 5.81. The lowest BCUT2D eigenvalue weighted by Crippen LogP contribution is -2.00. The third-order valence-corrected chi connectivity index (χ3v) is 3.88. The maximum atomic E-state index is 5.87. The molecule has 21 heavy (non-hydrogen) atoms. The van der Waals surface area contributed by atoms with Crippen LogP contribution in [0.5, 0.6) is 0 Å². The van der Waals surface area contributed by atoms with E-state index >= 15 is 0 Å². The summed E-state index contributed by atoms with van der Waals surface area (Å²) in [4.78, 5) is 4.71. The number of nitrogens with zero attached hydrogens (tertiary/aromatic N) is 2. The first-order valence-electron chi connectivity index (χ1n) is 7.47. The first-order chi connectivity index (χ1) is 10.1. The van der Waals surface area contributed by atoms with Crippen LogP contribution in [0.25, 0.3) is 16.7 Å². The van der Waals surface area contributed by atoms with E-state index in [0.717, 1.165) is 34.7 Å². The quantitative estimate of drug-likeness (QED) is 0.727. The Hall–Kier alpha value is -2.29. The monoisotopic (exact) mass is 279 g/mol. The van der Waals surface area contributed by atoms with Crippen LogP contribution in [-0.4, -0.2) is 9.55 Å². The normalized spacial score (nSPS) is 11.4. The van der Waals surface area contributed by atoms with Crippen LogP contribution < -0.4 is 5.73 Å². The van der Waals surface area contributed by atoms with Crippen molar-refractivity contribution in [3.63, 3.8) is 0 Å². The van der Waals surface area contributed by atoms with Crippen LogP contribution in [0.2, 0.25) is 0 Å². The van der Waals surface area contributed by atoms with E-state index in [1.54, 1.807) is 0 Å². The van der Waals surface area contributed by atoms with Crippen LogP contribution in [0, 0.1) is 0 Å². The van der Waals surface area contributed by atoms with Crippen molar-refractivity contribution in [2.45, 2.75) is 33.1 Å². The Balaban J connectivity index is 2.18. The van der Waals surface area contributed by atoms with Gasteiger partial charge in [0.05, 0.1) is 11.0 Å². The zero-order valence-electron chi connectivity index (χ0n) is 12.8. The lowest BCUT2D eigenvalue weighted by atomic mass is 10.0. The van der Waals surface area contributed by atoms with Gasteiger partial charge in [-0.05, 0) is 41.8 Å². The molecule has 1 aromatic heterocycles. The number of nitrogens with two attached hydrogens (primary N) is 1. The molecule has 3 nitrogen and oxygen atoms in total. The number of benzene rings is 2. The van der Waals surface area contributed by atoms with Crippen molar-refractivity contribution in [2.24, 2.45) is 0 Å². The number of nitrogen functional groups attached to an aromatic ring is 1. The number of rotatable bonds is 3. The van der Waals surface area contributed by atoms with Gasteiger partial charge in [0.15, 0.2) is 0 Å². The molecule has 0 bridgehead atoms. The minimum Gasteiger partial charge on any atom is -0.399 e. The average molecular weight is 279 g/mol. The van der Waals surface area contributed by atoms with Gasteiger partial charge >= 0.3 is 0 Å². The number of imidazole rings is 1. The molecule has 0 unspecified atom stereocenters. The van der Waals surface area contributed by atoms with E-state index in [1.165, 1.54) is 5.56 Å². The van der Waals surface area contributed by atoms with Crippen LogP contribution >= 0.6 is 0 Å². The van der Waals surface area contributed by atoms with Crippen molar-refractivity contribution in [2.75, 3.05) is 5.73 Å². The molecule has 0 spiro atoms. The smallest absolute Gasteiger partial charge is 0.114 e. The molecule has 0 aliphatic rings. The predicted octanol–water partition coefficient (Wildman–Crippen LogP) is 4.29. The maximum Gasteiger partial charge on any atom is 0.114 e. The molecule has 0 saturated carbocycles. The van der Waals surface area contributed by atoms with Crippen LogP contribution in [0.4, 0.5) is 5.69 Å². The van der Waals surface area contributed by atoms with Crippen molar-refractivity contribution in [1.82, 2.24) is 9.55 Å². The highest BCUT2D eigenvalue weighted by Crippen LogP contribution is 2.25. The van der Waals surface area contributed by atoms with Gasteiger partial charge in [-0.1, -0.05) is 32.9 Å². The minimum atomic E-state index is 0.545. The van der Waals surface area contributed by atoms with Gasteiger partial charge in [-0.25, -0.2) is 4.98 Å². The summed E-state index contributed by atoms with van der Waals surface area (Å²) in [5.74, 6) is 1.61. The first kappa shape index (κ1) is 13.7. The Morgan fingerprint density at radius 3 is 2.43 bits per heavy atom. The molecule has 3 rings (SSSR count). The second kappa shape index (κ2) is 5.24. The van der Waals surface area contributed by atoms with Crippen molar-refractivity contribution < 1.29 is 0 Å². The lowest BCUT2D eigenvalue weighted by molar-refractivity contribution is 0.862. The fourth-order valence-corrected chi connectivity index (χ4v) is 2.68. The molecule has 0 amide bonds. The van der Waals surface area contributed by atoms with Crippen molar-refractivity contribution in [3.8, 4) is 5.69 Å². The summed E-state index contributed by atoms with van der Waals surface area (Å²) in [6.45, 7) is 6.55. The Bertz CT molecular complexity index is 767. The molecule has 2 N–H and O–H groups in total. The highest BCUT2D eigenvalue weighted by atomic mass is 15.1. The average Bonchev–Trinajstić information content (AvgIpc) is 2.84.